The van der Waals surface area contributed by atoms with E-state index in [-0.39, 0.29) is 29.5 Å². The van der Waals surface area contributed by atoms with Crippen molar-refractivity contribution < 1.29 is 0 Å². The highest BCUT2D eigenvalue weighted by atomic mass is 127. The number of nitrogens with one attached hydrogen (secondary N) is 2. The van der Waals surface area contributed by atoms with Gasteiger partial charge >= 0.3 is 0 Å². The maximum Gasteiger partial charge on any atom is 0.188 e. The molecule has 5 heteroatoms. The van der Waals surface area contributed by atoms with Gasteiger partial charge in [-0.25, -0.2) is 0 Å². The largest absolute Gasteiger partial charge is 0.370 e. The number of aliphatic imine (C=N–C) groups is 1. The molecule has 0 fully saturated rings. The van der Waals surface area contributed by atoms with Crippen molar-refractivity contribution in [3.63, 3.8) is 0 Å². The summed E-state index contributed by atoms with van der Waals surface area (Å²) in [4.78, 5) is 4.21. The molecule has 0 aromatic rings. The van der Waals surface area contributed by atoms with Crippen LogP contribution >= 0.6 is 24.0 Å². The minimum atomic E-state index is 0. The van der Waals surface area contributed by atoms with Gasteiger partial charge < -0.3 is 16.4 Å². The second-order valence-corrected chi connectivity index (χ2v) is 5.22. The molecule has 0 aromatic heterocycles. The lowest BCUT2D eigenvalue weighted by Crippen LogP contribution is -2.43. The van der Waals surface area contributed by atoms with Crippen LogP contribution in [-0.4, -0.2) is 31.1 Å². The van der Waals surface area contributed by atoms with Crippen LogP contribution in [0.15, 0.2) is 4.99 Å². The molecule has 0 saturated carbocycles. The van der Waals surface area contributed by atoms with E-state index >= 15 is 0 Å². The van der Waals surface area contributed by atoms with Gasteiger partial charge in [-0.15, -0.1) is 24.0 Å². The average Bonchev–Trinajstić information content (AvgIpc) is 2.07. The third kappa shape index (κ3) is 14.0. The zero-order valence-corrected chi connectivity index (χ0v) is 13.5. The van der Waals surface area contributed by atoms with Gasteiger partial charge in [0.1, 0.15) is 0 Å². The van der Waals surface area contributed by atoms with Crippen LogP contribution in [-0.2, 0) is 0 Å². The first-order valence-electron chi connectivity index (χ1n) is 5.60. The van der Waals surface area contributed by atoms with Gasteiger partial charge in [0.15, 0.2) is 5.96 Å². The number of hydrogen-bond acceptors (Lipinski definition) is 2. The minimum absolute atomic E-state index is 0. The predicted molar refractivity (Wildman–Crippen MR) is 82.5 cm³/mol. The fourth-order valence-electron chi connectivity index (χ4n) is 0.965. The summed E-state index contributed by atoms with van der Waals surface area (Å²) in [5.41, 5.74) is 5.84. The third-order valence-electron chi connectivity index (χ3n) is 1.71. The first-order chi connectivity index (χ1) is 6.81. The lowest BCUT2D eigenvalue weighted by Gasteiger charge is -2.20. The van der Waals surface area contributed by atoms with Gasteiger partial charge in [-0.3, -0.25) is 4.99 Å². The summed E-state index contributed by atoms with van der Waals surface area (Å²) >= 11 is 0. The first kappa shape index (κ1) is 18.3. The highest BCUT2D eigenvalue weighted by molar-refractivity contribution is 14.0. The Bertz CT molecular complexity index is 197. The SMILES string of the molecule is CC(C)CN=C(N)NCCNC(C)(C)C.I. The predicted octanol–water partition coefficient (Wildman–Crippen LogP) is 1.55. The molecule has 0 radical (unpaired) electrons. The zero-order chi connectivity index (χ0) is 11.9. The molecule has 4 N–H and O–H groups in total. The van der Waals surface area contributed by atoms with Gasteiger partial charge in [0.25, 0.3) is 0 Å². The van der Waals surface area contributed by atoms with Crippen LogP contribution in [0.1, 0.15) is 34.6 Å². The van der Waals surface area contributed by atoms with E-state index in [2.05, 4.69) is 50.2 Å². The number of nitrogens with zero attached hydrogens (tertiary/aromatic N) is 1. The monoisotopic (exact) mass is 342 g/mol. The first-order valence-corrected chi connectivity index (χ1v) is 5.60. The van der Waals surface area contributed by atoms with Gasteiger partial charge in [0.2, 0.25) is 0 Å². The molecule has 0 spiro atoms. The van der Waals surface area contributed by atoms with Crippen molar-refractivity contribution in [1.29, 1.82) is 0 Å². The molecule has 0 heterocycles. The Balaban J connectivity index is 0. The fraction of sp³-hybridized carbons (Fsp3) is 0.909. The topological polar surface area (TPSA) is 62.4 Å². The lowest BCUT2D eigenvalue weighted by molar-refractivity contribution is 0.428. The van der Waals surface area contributed by atoms with E-state index in [9.17, 15) is 0 Å². The summed E-state index contributed by atoms with van der Waals surface area (Å²) in [6, 6.07) is 0. The number of guanidine groups is 1. The number of halogens is 1. The van der Waals surface area contributed by atoms with E-state index in [0.717, 1.165) is 19.6 Å². The number of rotatable bonds is 5. The quantitative estimate of drug-likeness (QED) is 0.308. The summed E-state index contributed by atoms with van der Waals surface area (Å²) in [7, 11) is 0. The second kappa shape index (κ2) is 9.04. The van der Waals surface area contributed by atoms with Crippen LogP contribution in [0, 0.1) is 5.92 Å². The Morgan fingerprint density at radius 3 is 2.25 bits per heavy atom. The van der Waals surface area contributed by atoms with Crippen molar-refractivity contribution >= 4 is 29.9 Å². The maximum absolute atomic E-state index is 5.68. The molecule has 0 amide bonds. The van der Waals surface area contributed by atoms with Crippen LogP contribution in [0.25, 0.3) is 0 Å². The summed E-state index contributed by atoms with van der Waals surface area (Å²) in [6.07, 6.45) is 0. The van der Waals surface area contributed by atoms with Crippen LogP contribution in [0.4, 0.5) is 0 Å². The fourth-order valence-corrected chi connectivity index (χ4v) is 0.965. The summed E-state index contributed by atoms with van der Waals surface area (Å²) in [5.74, 6) is 1.09. The van der Waals surface area contributed by atoms with Gasteiger partial charge in [-0.2, -0.15) is 0 Å². The minimum Gasteiger partial charge on any atom is -0.370 e. The molecule has 98 valence electrons. The number of hydrogen-bond donors (Lipinski definition) is 3. The highest BCUT2D eigenvalue weighted by Crippen LogP contribution is 1.96. The smallest absolute Gasteiger partial charge is 0.188 e. The Labute approximate surface area is 117 Å². The van der Waals surface area contributed by atoms with E-state index in [0.29, 0.717) is 11.9 Å². The number of nitrogens with two attached hydrogens (primary N) is 1. The molecular formula is C11H27IN4. The summed E-state index contributed by atoms with van der Waals surface area (Å²) in [5, 5.41) is 6.44. The Hall–Kier alpha value is -0.0400. The van der Waals surface area contributed by atoms with E-state index < -0.39 is 0 Å². The van der Waals surface area contributed by atoms with Crippen molar-refractivity contribution in [2.24, 2.45) is 16.6 Å². The molecule has 0 unspecified atom stereocenters. The molecule has 0 saturated heterocycles. The molecular weight excluding hydrogens is 315 g/mol. The summed E-state index contributed by atoms with van der Waals surface area (Å²) in [6.45, 7) is 13.2. The molecule has 0 atom stereocenters. The van der Waals surface area contributed by atoms with Crippen molar-refractivity contribution in [1.82, 2.24) is 10.6 Å². The third-order valence-corrected chi connectivity index (χ3v) is 1.71. The van der Waals surface area contributed by atoms with Gasteiger partial charge in [0, 0.05) is 25.2 Å². The van der Waals surface area contributed by atoms with E-state index in [1.54, 1.807) is 0 Å². The Morgan fingerprint density at radius 1 is 1.25 bits per heavy atom. The van der Waals surface area contributed by atoms with Crippen molar-refractivity contribution in [2.45, 2.75) is 40.2 Å². The molecule has 0 aliphatic heterocycles. The normalized spacial score (nSPS) is 12.5. The maximum atomic E-state index is 5.68. The molecule has 0 aliphatic rings. The molecule has 0 rings (SSSR count). The van der Waals surface area contributed by atoms with E-state index in [1.165, 1.54) is 0 Å². The van der Waals surface area contributed by atoms with Crippen LogP contribution in [0.3, 0.4) is 0 Å². The van der Waals surface area contributed by atoms with Crippen LogP contribution in [0.2, 0.25) is 0 Å². The second-order valence-electron chi connectivity index (χ2n) is 5.22. The molecule has 0 aliphatic carbocycles. The molecule has 16 heavy (non-hydrogen) atoms. The van der Waals surface area contributed by atoms with Gasteiger partial charge in [0.05, 0.1) is 0 Å². The average molecular weight is 342 g/mol. The molecule has 0 bridgehead atoms. The standard InChI is InChI=1S/C11H26N4.HI/c1-9(2)8-14-10(12)13-6-7-15-11(3,4)5;/h9,15H,6-8H2,1-5H3,(H3,12,13,14);1H. The zero-order valence-electron chi connectivity index (χ0n) is 11.1. The molecule has 0 aromatic carbocycles. The molecule has 4 nitrogen and oxygen atoms in total. The lowest BCUT2D eigenvalue weighted by atomic mass is 10.1. The van der Waals surface area contributed by atoms with Crippen LogP contribution in [0.5, 0.6) is 0 Å². The van der Waals surface area contributed by atoms with Crippen molar-refractivity contribution in [3.8, 4) is 0 Å². The van der Waals surface area contributed by atoms with Gasteiger partial charge in [-0.05, 0) is 26.7 Å². The van der Waals surface area contributed by atoms with Gasteiger partial charge in [-0.1, -0.05) is 13.8 Å². The van der Waals surface area contributed by atoms with E-state index in [4.69, 9.17) is 5.73 Å². The van der Waals surface area contributed by atoms with Crippen molar-refractivity contribution in [2.75, 3.05) is 19.6 Å². The highest BCUT2D eigenvalue weighted by Gasteiger charge is 2.06. The van der Waals surface area contributed by atoms with Crippen molar-refractivity contribution in [3.05, 3.63) is 0 Å². The Morgan fingerprint density at radius 2 is 1.81 bits per heavy atom. The Kier molecular flexibility index (Phi) is 10.4. The van der Waals surface area contributed by atoms with E-state index in [1.807, 2.05) is 0 Å². The summed E-state index contributed by atoms with van der Waals surface area (Å²) < 4.78 is 0. The van der Waals surface area contributed by atoms with Crippen LogP contribution < -0.4 is 16.4 Å².